The van der Waals surface area contributed by atoms with E-state index in [9.17, 15) is 9.59 Å². The first kappa shape index (κ1) is 17.3. The van der Waals surface area contributed by atoms with E-state index in [-0.39, 0.29) is 11.8 Å². The van der Waals surface area contributed by atoms with E-state index in [0.29, 0.717) is 23.6 Å². The molecule has 3 aromatic carbocycles. The second kappa shape index (κ2) is 6.95. The van der Waals surface area contributed by atoms with Crippen molar-refractivity contribution in [2.75, 3.05) is 16.8 Å². The van der Waals surface area contributed by atoms with Crippen LogP contribution in [0.4, 0.5) is 11.4 Å². The number of anilines is 2. The molecule has 1 aromatic heterocycles. The minimum atomic E-state index is -0.177. The molecule has 1 N–H and O–H groups in total. The van der Waals surface area contributed by atoms with Crippen LogP contribution in [0.2, 0.25) is 0 Å². The Morgan fingerprint density at radius 1 is 0.931 bits per heavy atom. The zero-order chi connectivity index (χ0) is 19.8. The monoisotopic (exact) mass is 382 g/mol. The summed E-state index contributed by atoms with van der Waals surface area (Å²) in [6.45, 7) is 0.593. The van der Waals surface area contributed by atoms with Gasteiger partial charge in [-0.25, -0.2) is 0 Å². The number of benzene rings is 3. The molecule has 0 saturated heterocycles. The van der Waals surface area contributed by atoms with Gasteiger partial charge in [0.15, 0.2) is 5.76 Å². The molecule has 29 heavy (non-hydrogen) atoms. The van der Waals surface area contributed by atoms with E-state index in [1.165, 1.54) is 6.26 Å². The van der Waals surface area contributed by atoms with Crippen molar-refractivity contribution < 1.29 is 14.0 Å². The van der Waals surface area contributed by atoms with Gasteiger partial charge in [0.25, 0.3) is 11.8 Å². The molecular formula is C24H18N2O3. The maximum Gasteiger partial charge on any atom is 0.293 e. The molecule has 0 radical (unpaired) electrons. The number of nitrogens with one attached hydrogen (secondary N) is 1. The highest BCUT2D eigenvalue weighted by Gasteiger charge is 2.27. The Morgan fingerprint density at radius 3 is 2.66 bits per heavy atom. The molecule has 0 fully saturated rings. The minimum absolute atomic E-state index is 0.175. The molecule has 0 unspecified atom stereocenters. The number of furan rings is 1. The Bertz CT molecular complexity index is 1220. The van der Waals surface area contributed by atoms with E-state index in [0.717, 1.165) is 28.4 Å². The molecule has 5 rings (SSSR count). The Labute approximate surface area is 167 Å². The van der Waals surface area contributed by atoms with Gasteiger partial charge in [-0.15, -0.1) is 0 Å². The van der Waals surface area contributed by atoms with Crippen molar-refractivity contribution in [2.24, 2.45) is 0 Å². The maximum atomic E-state index is 12.9. The van der Waals surface area contributed by atoms with E-state index in [2.05, 4.69) is 5.32 Å². The van der Waals surface area contributed by atoms with Crippen molar-refractivity contribution in [1.82, 2.24) is 0 Å². The Morgan fingerprint density at radius 2 is 1.79 bits per heavy atom. The molecule has 142 valence electrons. The summed E-state index contributed by atoms with van der Waals surface area (Å²) in [6.07, 6.45) is 2.27. The first-order chi connectivity index (χ1) is 14.2. The number of fused-ring (bicyclic) bond motifs is 2. The maximum absolute atomic E-state index is 12.9. The third-order valence-corrected chi connectivity index (χ3v) is 5.25. The van der Waals surface area contributed by atoms with E-state index < -0.39 is 0 Å². The first-order valence-corrected chi connectivity index (χ1v) is 9.48. The number of hydrogen-bond acceptors (Lipinski definition) is 3. The third kappa shape index (κ3) is 3.06. The van der Waals surface area contributed by atoms with E-state index in [4.69, 9.17) is 4.42 Å². The molecule has 2 heterocycles. The number of hydrogen-bond donors (Lipinski definition) is 1. The van der Waals surface area contributed by atoms with Crippen molar-refractivity contribution in [2.45, 2.75) is 6.42 Å². The van der Waals surface area contributed by atoms with Gasteiger partial charge in [0.2, 0.25) is 0 Å². The summed E-state index contributed by atoms with van der Waals surface area (Å²) in [5.74, 6) is -0.0435. The second-order valence-corrected chi connectivity index (χ2v) is 7.01. The molecule has 0 atom stereocenters. The largest absolute Gasteiger partial charge is 0.459 e. The molecule has 4 aromatic rings. The molecule has 1 aliphatic heterocycles. The molecule has 0 bridgehead atoms. The molecule has 5 nitrogen and oxygen atoms in total. The van der Waals surface area contributed by atoms with Crippen LogP contribution in [-0.4, -0.2) is 18.4 Å². The van der Waals surface area contributed by atoms with Crippen molar-refractivity contribution in [1.29, 1.82) is 0 Å². The molecule has 1 aliphatic rings. The van der Waals surface area contributed by atoms with E-state index >= 15 is 0 Å². The Hall–Kier alpha value is -3.86. The summed E-state index contributed by atoms with van der Waals surface area (Å²) < 4.78 is 5.26. The van der Waals surface area contributed by atoms with Gasteiger partial charge in [-0.05, 0) is 53.1 Å². The predicted octanol–water partition coefficient (Wildman–Crippen LogP) is 4.89. The summed E-state index contributed by atoms with van der Waals surface area (Å²) in [4.78, 5) is 27.3. The summed E-state index contributed by atoms with van der Waals surface area (Å²) in [6, 6.07) is 22.5. The van der Waals surface area contributed by atoms with Crippen LogP contribution in [0.1, 0.15) is 26.5 Å². The topological polar surface area (TPSA) is 62.6 Å². The highest BCUT2D eigenvalue weighted by Crippen LogP contribution is 2.32. The quantitative estimate of drug-likeness (QED) is 0.549. The van der Waals surface area contributed by atoms with Crippen LogP contribution in [0.25, 0.3) is 10.8 Å². The zero-order valence-corrected chi connectivity index (χ0v) is 15.6. The normalized spacial score (nSPS) is 12.8. The lowest BCUT2D eigenvalue weighted by atomic mass is 10.0. The zero-order valence-electron chi connectivity index (χ0n) is 15.6. The van der Waals surface area contributed by atoms with Gasteiger partial charge in [0.1, 0.15) is 0 Å². The number of rotatable bonds is 3. The lowest BCUT2D eigenvalue weighted by Crippen LogP contribution is -2.28. The number of nitrogens with zero attached hydrogens (tertiary/aromatic N) is 1. The van der Waals surface area contributed by atoms with Crippen molar-refractivity contribution >= 4 is 34.0 Å². The van der Waals surface area contributed by atoms with Crippen LogP contribution in [0.5, 0.6) is 0 Å². The van der Waals surface area contributed by atoms with Crippen LogP contribution >= 0.6 is 0 Å². The van der Waals surface area contributed by atoms with E-state index in [1.54, 1.807) is 17.0 Å². The van der Waals surface area contributed by atoms with Crippen molar-refractivity contribution in [3.63, 3.8) is 0 Å². The number of carbonyl (C=O) groups is 2. The molecule has 0 saturated carbocycles. The smallest absolute Gasteiger partial charge is 0.293 e. The highest BCUT2D eigenvalue weighted by molar-refractivity contribution is 6.13. The fourth-order valence-corrected chi connectivity index (χ4v) is 3.82. The lowest BCUT2D eigenvalue weighted by Gasteiger charge is -2.17. The first-order valence-electron chi connectivity index (χ1n) is 9.48. The summed E-state index contributed by atoms with van der Waals surface area (Å²) in [7, 11) is 0. The summed E-state index contributed by atoms with van der Waals surface area (Å²) in [5.41, 5.74) is 3.16. The molecule has 2 amide bonds. The van der Waals surface area contributed by atoms with Gasteiger partial charge in [0.05, 0.1) is 6.26 Å². The van der Waals surface area contributed by atoms with Crippen LogP contribution < -0.4 is 10.2 Å². The summed E-state index contributed by atoms with van der Waals surface area (Å²) >= 11 is 0. The van der Waals surface area contributed by atoms with Crippen LogP contribution in [0.3, 0.4) is 0 Å². The fraction of sp³-hybridized carbons (Fsp3) is 0.0833. The molecular weight excluding hydrogens is 364 g/mol. The van der Waals surface area contributed by atoms with E-state index in [1.807, 2.05) is 60.7 Å². The SMILES string of the molecule is O=C(Nc1ccc2c(c1)N(C(=O)c1ccco1)CC2)c1cccc2ccccc12. The average molecular weight is 382 g/mol. The van der Waals surface area contributed by atoms with Gasteiger partial charge in [-0.1, -0.05) is 42.5 Å². The molecule has 0 aliphatic carbocycles. The average Bonchev–Trinajstić information content (AvgIpc) is 3.43. The Kier molecular flexibility index (Phi) is 4.13. The lowest BCUT2D eigenvalue weighted by molar-refractivity contribution is 0.0962. The fourth-order valence-electron chi connectivity index (χ4n) is 3.82. The van der Waals surface area contributed by atoms with Gasteiger partial charge in [0, 0.05) is 23.5 Å². The van der Waals surface area contributed by atoms with Crippen molar-refractivity contribution in [3.8, 4) is 0 Å². The van der Waals surface area contributed by atoms with Gasteiger partial charge in [-0.3, -0.25) is 9.59 Å². The van der Waals surface area contributed by atoms with Crippen molar-refractivity contribution in [3.05, 3.63) is 95.9 Å². The molecule has 0 spiro atoms. The highest BCUT2D eigenvalue weighted by atomic mass is 16.3. The van der Waals surface area contributed by atoms with Crippen LogP contribution in [-0.2, 0) is 6.42 Å². The van der Waals surface area contributed by atoms with Crippen LogP contribution in [0, 0.1) is 0 Å². The van der Waals surface area contributed by atoms with Gasteiger partial charge < -0.3 is 14.6 Å². The second-order valence-electron chi connectivity index (χ2n) is 7.01. The Balaban J connectivity index is 1.44. The minimum Gasteiger partial charge on any atom is -0.459 e. The number of amides is 2. The third-order valence-electron chi connectivity index (χ3n) is 5.25. The summed E-state index contributed by atoms with van der Waals surface area (Å²) in [5, 5.41) is 4.90. The number of carbonyl (C=O) groups excluding carboxylic acids is 2. The standard InChI is InChI=1S/C24H18N2O3/c27-23(20-8-3-6-16-5-1-2-7-19(16)20)25-18-11-10-17-12-13-26(21(17)15-18)24(28)22-9-4-14-29-22/h1-11,14-15H,12-13H2,(H,25,27). The van der Waals surface area contributed by atoms with Gasteiger partial charge >= 0.3 is 0 Å². The molecule has 5 heteroatoms. The van der Waals surface area contributed by atoms with Gasteiger partial charge in [-0.2, -0.15) is 0 Å². The predicted molar refractivity (Wildman–Crippen MR) is 112 cm³/mol. The van der Waals surface area contributed by atoms with Crippen LogP contribution in [0.15, 0.2) is 83.5 Å².